The van der Waals surface area contributed by atoms with Crippen LogP contribution in [0.2, 0.25) is 5.02 Å². The molecule has 0 bridgehead atoms. The topological polar surface area (TPSA) is 70.3 Å². The first kappa shape index (κ1) is 14.2. The molecule has 20 heavy (non-hydrogen) atoms. The Bertz CT molecular complexity index is 661. The third-order valence-electron chi connectivity index (χ3n) is 2.58. The molecule has 0 aliphatic carbocycles. The van der Waals surface area contributed by atoms with E-state index >= 15 is 0 Å². The van der Waals surface area contributed by atoms with Crippen molar-refractivity contribution in [3.05, 3.63) is 33.9 Å². The van der Waals surface area contributed by atoms with E-state index < -0.39 is 23.8 Å². The van der Waals surface area contributed by atoms with E-state index in [1.165, 1.54) is 6.07 Å². The second-order valence-electron chi connectivity index (χ2n) is 3.93. The minimum atomic E-state index is -4.91. The van der Waals surface area contributed by atoms with Crippen molar-refractivity contribution >= 4 is 23.6 Å². The van der Waals surface area contributed by atoms with Gasteiger partial charge in [0.15, 0.2) is 0 Å². The van der Waals surface area contributed by atoms with Gasteiger partial charge in [-0.25, -0.2) is 4.79 Å². The van der Waals surface area contributed by atoms with Gasteiger partial charge in [-0.1, -0.05) is 11.6 Å². The van der Waals surface area contributed by atoms with Crippen LogP contribution in [0.4, 0.5) is 13.2 Å². The number of fused-ring (bicyclic) bond motifs is 1. The molecule has 1 aromatic carbocycles. The van der Waals surface area contributed by atoms with Gasteiger partial charge in [0.1, 0.15) is 11.8 Å². The van der Waals surface area contributed by atoms with Gasteiger partial charge < -0.3 is 9.84 Å². The van der Waals surface area contributed by atoms with E-state index in [0.717, 1.165) is 12.1 Å². The van der Waals surface area contributed by atoms with Crippen LogP contribution < -0.4 is 4.74 Å². The van der Waals surface area contributed by atoms with Gasteiger partial charge in [0, 0.05) is 10.6 Å². The van der Waals surface area contributed by atoms with Gasteiger partial charge >= 0.3 is 12.1 Å². The van der Waals surface area contributed by atoms with Crippen molar-refractivity contribution in [2.45, 2.75) is 12.3 Å². The molecule has 0 aromatic heterocycles. The first-order valence-electron chi connectivity index (χ1n) is 5.16. The number of ether oxygens (including phenoxy) is 1. The van der Waals surface area contributed by atoms with Crippen LogP contribution in [-0.2, 0) is 4.79 Å². The summed E-state index contributed by atoms with van der Waals surface area (Å²) in [6.45, 7) is 0. The number of carbonyl (C=O) groups is 1. The van der Waals surface area contributed by atoms with Gasteiger partial charge in [0.25, 0.3) is 0 Å². The highest BCUT2D eigenvalue weighted by molar-refractivity contribution is 6.31. The first-order valence-corrected chi connectivity index (χ1v) is 5.53. The highest BCUT2D eigenvalue weighted by Gasteiger charge is 2.48. The molecule has 1 atom stereocenters. The lowest BCUT2D eigenvalue weighted by Gasteiger charge is -2.27. The van der Waals surface area contributed by atoms with Crippen LogP contribution in [0.15, 0.2) is 17.7 Å². The smallest absolute Gasteiger partial charge is 0.430 e. The quantitative estimate of drug-likeness (QED) is 0.866. The number of hydrogen-bond acceptors (Lipinski definition) is 3. The van der Waals surface area contributed by atoms with Crippen molar-refractivity contribution in [2.75, 3.05) is 0 Å². The summed E-state index contributed by atoms with van der Waals surface area (Å²) in [7, 11) is 0. The predicted molar refractivity (Wildman–Crippen MR) is 62.3 cm³/mol. The lowest BCUT2D eigenvalue weighted by molar-refractivity contribution is -0.187. The van der Waals surface area contributed by atoms with Gasteiger partial charge in [-0.05, 0) is 18.2 Å². The molecule has 1 heterocycles. The molecule has 4 nitrogen and oxygen atoms in total. The average molecular weight is 304 g/mol. The van der Waals surface area contributed by atoms with Crippen molar-refractivity contribution in [2.24, 2.45) is 0 Å². The van der Waals surface area contributed by atoms with Crippen LogP contribution in [0.25, 0.3) is 6.08 Å². The van der Waals surface area contributed by atoms with Crippen LogP contribution in [0.1, 0.15) is 11.1 Å². The maximum Gasteiger partial charge on any atom is 0.430 e. The zero-order valence-electron chi connectivity index (χ0n) is 9.53. The number of halogens is 4. The lowest BCUT2D eigenvalue weighted by atomic mass is 9.99. The van der Waals surface area contributed by atoms with Crippen LogP contribution in [0, 0.1) is 11.3 Å². The normalized spacial score (nSPS) is 17.6. The summed E-state index contributed by atoms with van der Waals surface area (Å²) < 4.78 is 43.2. The third-order valence-corrected chi connectivity index (χ3v) is 2.79. The van der Waals surface area contributed by atoms with Gasteiger partial charge in [0.2, 0.25) is 6.10 Å². The number of hydrogen-bond donors (Lipinski definition) is 1. The van der Waals surface area contributed by atoms with Gasteiger partial charge in [-0.2, -0.15) is 18.4 Å². The molecule has 0 spiro atoms. The Balaban J connectivity index is 2.66. The maximum atomic E-state index is 12.8. The molecule has 0 radical (unpaired) electrons. The zero-order valence-corrected chi connectivity index (χ0v) is 10.3. The van der Waals surface area contributed by atoms with Crippen LogP contribution in [0.5, 0.6) is 5.75 Å². The maximum absolute atomic E-state index is 12.8. The summed E-state index contributed by atoms with van der Waals surface area (Å²) in [5, 5.41) is 17.8. The average Bonchev–Trinajstić information content (AvgIpc) is 2.34. The fourth-order valence-corrected chi connectivity index (χ4v) is 2.00. The van der Waals surface area contributed by atoms with Crippen molar-refractivity contribution in [1.29, 1.82) is 5.26 Å². The summed E-state index contributed by atoms with van der Waals surface area (Å²) in [6, 6.07) is 4.03. The van der Waals surface area contributed by atoms with E-state index in [-0.39, 0.29) is 21.9 Å². The fraction of sp³-hybridized carbons (Fsp3) is 0.167. The molecular weight excluding hydrogens is 299 g/mol. The van der Waals surface area contributed by atoms with Crippen molar-refractivity contribution in [3.8, 4) is 11.8 Å². The fourth-order valence-electron chi connectivity index (χ4n) is 1.78. The number of carboxylic acid groups (broad SMARTS) is 1. The number of aliphatic carboxylic acids is 1. The molecule has 0 fully saturated rings. The molecule has 2 rings (SSSR count). The molecule has 1 aromatic rings. The lowest BCUT2D eigenvalue weighted by Crippen LogP contribution is -2.40. The summed E-state index contributed by atoms with van der Waals surface area (Å²) in [5.74, 6) is -2.08. The van der Waals surface area contributed by atoms with Crippen molar-refractivity contribution in [3.63, 3.8) is 0 Å². The minimum absolute atomic E-state index is 0.0203. The summed E-state index contributed by atoms with van der Waals surface area (Å²) >= 11 is 5.71. The standard InChI is InChI=1S/C12H5ClF3NO3/c13-7-1-5-3-8(11(18)19)10(12(14,15)16)20-9(5)6(2-7)4-17/h1-3,10H,(H,18,19). The zero-order chi connectivity index (χ0) is 15.1. The SMILES string of the molecule is N#Cc1cc(Cl)cc2c1OC(C(F)(F)F)C(C(=O)O)=C2. The van der Waals surface area contributed by atoms with Crippen LogP contribution in [-0.4, -0.2) is 23.4 Å². The molecule has 0 saturated heterocycles. The number of benzene rings is 1. The van der Waals surface area contributed by atoms with E-state index in [9.17, 15) is 18.0 Å². The van der Waals surface area contributed by atoms with Gasteiger partial charge in [0.05, 0.1) is 11.1 Å². The largest absolute Gasteiger partial charge is 0.478 e. The van der Waals surface area contributed by atoms with Crippen LogP contribution >= 0.6 is 11.6 Å². The van der Waals surface area contributed by atoms with Gasteiger partial charge in [-0.3, -0.25) is 0 Å². The first-order chi connectivity index (χ1) is 9.24. The predicted octanol–water partition coefficient (Wildman–Crippen LogP) is 3.00. The number of rotatable bonds is 1. The summed E-state index contributed by atoms with van der Waals surface area (Å²) in [6.07, 6.45) is -6.72. The van der Waals surface area contributed by atoms with E-state index in [0.29, 0.717) is 0 Å². The molecule has 1 aliphatic heterocycles. The number of alkyl halides is 3. The molecule has 1 aliphatic rings. The van der Waals surface area contributed by atoms with E-state index in [1.807, 2.05) is 0 Å². The second kappa shape index (κ2) is 4.72. The summed E-state index contributed by atoms with van der Waals surface area (Å²) in [5.41, 5.74) is -1.13. The Labute approximate surface area is 115 Å². The Kier molecular flexibility index (Phi) is 3.36. The second-order valence-corrected chi connectivity index (χ2v) is 4.36. The van der Waals surface area contributed by atoms with Gasteiger partial charge in [-0.15, -0.1) is 0 Å². The number of nitriles is 1. The van der Waals surface area contributed by atoms with Crippen molar-refractivity contribution in [1.82, 2.24) is 0 Å². The Hall–Kier alpha value is -2.20. The Morgan fingerprint density at radius 2 is 2.10 bits per heavy atom. The third kappa shape index (κ3) is 2.42. The van der Waals surface area contributed by atoms with Crippen molar-refractivity contribution < 1.29 is 27.8 Å². The van der Waals surface area contributed by atoms with Crippen LogP contribution in [0.3, 0.4) is 0 Å². The van der Waals surface area contributed by atoms with E-state index in [1.54, 1.807) is 6.07 Å². The summed E-state index contributed by atoms with van der Waals surface area (Å²) in [4.78, 5) is 10.9. The van der Waals surface area contributed by atoms with E-state index in [4.69, 9.17) is 26.7 Å². The number of nitrogens with zero attached hydrogens (tertiary/aromatic N) is 1. The molecule has 0 saturated carbocycles. The monoisotopic (exact) mass is 303 g/mol. The Morgan fingerprint density at radius 1 is 1.45 bits per heavy atom. The van der Waals surface area contributed by atoms with E-state index in [2.05, 4.69) is 0 Å². The minimum Gasteiger partial charge on any atom is -0.478 e. The molecule has 1 unspecified atom stereocenters. The molecule has 0 amide bonds. The molecule has 8 heteroatoms. The highest BCUT2D eigenvalue weighted by atomic mass is 35.5. The highest BCUT2D eigenvalue weighted by Crippen LogP contribution is 2.40. The molecular formula is C12H5ClF3NO3. The number of carboxylic acids is 1. The molecule has 104 valence electrons. The Morgan fingerprint density at radius 3 is 2.60 bits per heavy atom. The molecule has 1 N–H and O–H groups in total.